The molecule has 0 radical (unpaired) electrons. The molecule has 0 aliphatic rings. The van der Waals surface area contributed by atoms with E-state index in [1.165, 1.54) is 5.39 Å². The minimum absolute atomic E-state index is 0.453. The first-order chi connectivity index (χ1) is 17.3. The molecule has 162 valence electrons. The van der Waals surface area contributed by atoms with Crippen molar-refractivity contribution >= 4 is 43.6 Å². The molecule has 0 N–H and O–H groups in total. The summed E-state index contributed by atoms with van der Waals surface area (Å²) in [6.45, 7) is 0. The van der Waals surface area contributed by atoms with Crippen LogP contribution in [0.25, 0.3) is 66.1 Å². The number of hydrogen-bond acceptors (Lipinski definition) is 4. The second-order valence-corrected chi connectivity index (χ2v) is 8.54. The molecule has 0 aliphatic carbocycles. The lowest BCUT2D eigenvalue weighted by atomic mass is 9.94. The quantitative estimate of drug-likeness (QED) is 0.253. The van der Waals surface area contributed by atoms with Crippen LogP contribution in [0.3, 0.4) is 0 Å². The Bertz CT molecular complexity index is 1960. The van der Waals surface area contributed by atoms with Gasteiger partial charge in [-0.1, -0.05) is 66.7 Å². The zero-order valence-corrected chi connectivity index (χ0v) is 18.6. The van der Waals surface area contributed by atoms with Crippen LogP contribution in [-0.4, -0.2) is 9.97 Å². The van der Waals surface area contributed by atoms with E-state index in [9.17, 15) is 5.26 Å². The van der Waals surface area contributed by atoms with Crippen molar-refractivity contribution in [3.8, 4) is 28.6 Å². The summed E-state index contributed by atoms with van der Waals surface area (Å²) in [4.78, 5) is 9.44. The zero-order valence-electron chi connectivity index (χ0n) is 18.6. The lowest BCUT2D eigenvalue weighted by molar-refractivity contribution is 0.655. The summed E-state index contributed by atoms with van der Waals surface area (Å²) in [5, 5.41) is 16.3. The first-order valence-corrected chi connectivity index (χ1v) is 11.4. The Morgan fingerprint density at radius 1 is 0.657 bits per heavy atom. The molecule has 4 heteroatoms. The van der Waals surface area contributed by atoms with Crippen molar-refractivity contribution in [2.24, 2.45) is 0 Å². The van der Waals surface area contributed by atoms with Gasteiger partial charge in [-0.25, -0.2) is 4.98 Å². The van der Waals surface area contributed by atoms with Crippen LogP contribution in [0.15, 0.2) is 108 Å². The second-order valence-electron chi connectivity index (χ2n) is 8.54. The summed E-state index contributed by atoms with van der Waals surface area (Å²) in [6.07, 6.45) is 1.76. The van der Waals surface area contributed by atoms with Crippen LogP contribution in [0.2, 0.25) is 0 Å². The molecule has 7 rings (SSSR count). The van der Waals surface area contributed by atoms with Gasteiger partial charge in [0.05, 0.1) is 22.3 Å². The highest BCUT2D eigenvalue weighted by Gasteiger charge is 2.19. The largest absolute Gasteiger partial charge is 0.437 e. The van der Waals surface area contributed by atoms with Gasteiger partial charge in [0.1, 0.15) is 11.7 Å². The van der Waals surface area contributed by atoms with Crippen molar-refractivity contribution in [2.45, 2.75) is 0 Å². The summed E-state index contributed by atoms with van der Waals surface area (Å²) in [5.41, 5.74) is 5.07. The number of nitriles is 1. The minimum atomic E-state index is 0.453. The van der Waals surface area contributed by atoms with Crippen molar-refractivity contribution in [3.63, 3.8) is 0 Å². The Balaban J connectivity index is 1.56. The molecule has 4 aromatic carbocycles. The molecule has 0 aliphatic heterocycles. The predicted molar refractivity (Wildman–Crippen MR) is 140 cm³/mol. The molecule has 0 amide bonds. The van der Waals surface area contributed by atoms with Crippen molar-refractivity contribution in [2.75, 3.05) is 0 Å². The SMILES string of the molecule is N#Cc1cc(-c2cc3ccccc3c3ccccc23)nc2oc3c(-c4ccccn4)cccc3c12. The molecule has 7 aromatic rings. The average molecular weight is 447 g/mol. The number of nitrogens with zero attached hydrogens (tertiary/aromatic N) is 3. The lowest BCUT2D eigenvalue weighted by Gasteiger charge is -2.10. The van der Waals surface area contributed by atoms with Gasteiger partial charge < -0.3 is 4.42 Å². The van der Waals surface area contributed by atoms with Gasteiger partial charge >= 0.3 is 0 Å². The van der Waals surface area contributed by atoms with Gasteiger partial charge in [0, 0.05) is 22.7 Å². The fourth-order valence-electron chi connectivity index (χ4n) is 5.01. The molecular formula is C31H17N3O. The summed E-state index contributed by atoms with van der Waals surface area (Å²) in [7, 11) is 0. The van der Waals surface area contributed by atoms with Gasteiger partial charge in [-0.2, -0.15) is 5.26 Å². The number of aromatic nitrogens is 2. The van der Waals surface area contributed by atoms with Crippen LogP contribution in [0.1, 0.15) is 5.56 Å². The molecule has 0 unspecified atom stereocenters. The molecule has 0 fully saturated rings. The van der Waals surface area contributed by atoms with E-state index >= 15 is 0 Å². The molecule has 3 heterocycles. The highest BCUT2D eigenvalue weighted by Crippen LogP contribution is 2.39. The molecule has 0 saturated heterocycles. The van der Waals surface area contributed by atoms with E-state index in [2.05, 4.69) is 47.5 Å². The maximum atomic E-state index is 10.1. The molecule has 0 atom stereocenters. The Morgan fingerprint density at radius 3 is 2.26 bits per heavy atom. The smallest absolute Gasteiger partial charge is 0.229 e. The van der Waals surface area contributed by atoms with E-state index < -0.39 is 0 Å². The van der Waals surface area contributed by atoms with Crippen LogP contribution < -0.4 is 0 Å². The van der Waals surface area contributed by atoms with Crippen molar-refractivity contribution in [3.05, 3.63) is 109 Å². The molecular weight excluding hydrogens is 430 g/mol. The van der Waals surface area contributed by atoms with Gasteiger partial charge in [-0.15, -0.1) is 0 Å². The summed E-state index contributed by atoms with van der Waals surface area (Å²) in [5.74, 6) is 0. The Hall–Kier alpha value is -5.01. The molecule has 35 heavy (non-hydrogen) atoms. The third kappa shape index (κ3) is 2.92. The predicted octanol–water partition coefficient (Wildman–Crippen LogP) is 7.89. The normalized spacial score (nSPS) is 11.4. The Kier molecular flexibility index (Phi) is 4.18. The standard InChI is InChI=1S/C31H17N3O/c32-18-20-17-28(26-16-19-8-1-2-9-21(19)22-10-3-4-11-23(22)26)34-31-29(20)25-13-7-12-24(30(25)35-31)27-14-5-6-15-33-27/h1-17H. The minimum Gasteiger partial charge on any atom is -0.437 e. The van der Waals surface area contributed by atoms with E-state index in [1.54, 1.807) is 6.20 Å². The van der Waals surface area contributed by atoms with Crippen LogP contribution in [0.5, 0.6) is 0 Å². The first kappa shape index (κ1) is 19.5. The topological polar surface area (TPSA) is 62.7 Å². The van der Waals surface area contributed by atoms with Gasteiger partial charge in [0.15, 0.2) is 0 Å². The van der Waals surface area contributed by atoms with Crippen molar-refractivity contribution < 1.29 is 4.42 Å². The van der Waals surface area contributed by atoms with E-state index in [0.29, 0.717) is 16.9 Å². The zero-order chi connectivity index (χ0) is 23.4. The number of pyridine rings is 2. The van der Waals surface area contributed by atoms with Crippen molar-refractivity contribution in [1.29, 1.82) is 5.26 Å². The molecule has 0 spiro atoms. The summed E-state index contributed by atoms with van der Waals surface area (Å²) >= 11 is 0. The first-order valence-electron chi connectivity index (χ1n) is 11.4. The van der Waals surface area contributed by atoms with E-state index in [0.717, 1.165) is 49.4 Å². The number of benzene rings is 4. The van der Waals surface area contributed by atoms with Crippen molar-refractivity contribution in [1.82, 2.24) is 9.97 Å². The summed E-state index contributed by atoms with van der Waals surface area (Å²) < 4.78 is 6.34. The lowest BCUT2D eigenvalue weighted by Crippen LogP contribution is -1.90. The van der Waals surface area contributed by atoms with E-state index in [-0.39, 0.29) is 0 Å². The fraction of sp³-hybridized carbons (Fsp3) is 0. The highest BCUT2D eigenvalue weighted by molar-refractivity contribution is 6.15. The molecule has 3 aromatic heterocycles. The van der Waals surface area contributed by atoms with Crippen LogP contribution in [0.4, 0.5) is 0 Å². The third-order valence-electron chi connectivity index (χ3n) is 6.57. The highest BCUT2D eigenvalue weighted by atomic mass is 16.3. The Labute approximate surface area is 200 Å². The summed E-state index contributed by atoms with van der Waals surface area (Å²) in [6, 6.07) is 34.8. The van der Waals surface area contributed by atoms with E-state index in [1.807, 2.05) is 60.7 Å². The van der Waals surface area contributed by atoms with Gasteiger partial charge in [-0.05, 0) is 51.9 Å². The van der Waals surface area contributed by atoms with E-state index in [4.69, 9.17) is 9.40 Å². The van der Waals surface area contributed by atoms with Gasteiger partial charge in [0.25, 0.3) is 0 Å². The number of furan rings is 1. The van der Waals surface area contributed by atoms with Gasteiger partial charge in [0.2, 0.25) is 5.71 Å². The third-order valence-corrected chi connectivity index (χ3v) is 6.57. The second kappa shape index (κ2) is 7.51. The van der Waals surface area contributed by atoms with Crippen LogP contribution in [-0.2, 0) is 0 Å². The Morgan fingerprint density at radius 2 is 1.43 bits per heavy atom. The molecule has 4 nitrogen and oxygen atoms in total. The fourth-order valence-corrected chi connectivity index (χ4v) is 5.01. The maximum Gasteiger partial charge on any atom is 0.229 e. The van der Waals surface area contributed by atoms with Crippen LogP contribution >= 0.6 is 0 Å². The average Bonchev–Trinajstić information content (AvgIpc) is 3.31. The molecule has 0 bridgehead atoms. The van der Waals surface area contributed by atoms with Gasteiger partial charge in [-0.3, -0.25) is 4.98 Å². The monoisotopic (exact) mass is 447 g/mol. The number of fused-ring (bicyclic) bond motifs is 6. The number of hydrogen-bond donors (Lipinski definition) is 0. The van der Waals surface area contributed by atoms with Crippen LogP contribution in [0, 0.1) is 11.3 Å². The maximum absolute atomic E-state index is 10.1. The number of rotatable bonds is 2. The number of para-hydroxylation sites is 1. The molecule has 0 saturated carbocycles.